The van der Waals surface area contributed by atoms with Gasteiger partial charge in [0.25, 0.3) is 0 Å². The van der Waals surface area contributed by atoms with Crippen molar-refractivity contribution in [2.45, 2.75) is 11.4 Å². The maximum Gasteiger partial charge on any atom is 0.204 e. The van der Waals surface area contributed by atoms with Gasteiger partial charge in [0, 0.05) is 13.1 Å². The van der Waals surface area contributed by atoms with Crippen LogP contribution in [0.1, 0.15) is 11.1 Å². The number of likely N-dealkylation sites (N-methyl/N-ethyl adjacent to an activating group) is 1. The van der Waals surface area contributed by atoms with Gasteiger partial charge in [0.05, 0.1) is 9.80 Å². The smallest absolute Gasteiger partial charge is 0.204 e. The van der Waals surface area contributed by atoms with Gasteiger partial charge in [-0.2, -0.15) is 0 Å². The Labute approximate surface area is 95.1 Å². The summed E-state index contributed by atoms with van der Waals surface area (Å²) < 4.78 is 24.2. The lowest BCUT2D eigenvalue weighted by Gasteiger charge is -2.04. The van der Waals surface area contributed by atoms with Gasteiger partial charge in [-0.25, -0.2) is 8.42 Å². The molecule has 0 aliphatic carbocycles. The highest BCUT2D eigenvalue weighted by Crippen LogP contribution is 2.32. The van der Waals surface area contributed by atoms with E-state index < -0.39 is 9.84 Å². The highest BCUT2D eigenvalue weighted by atomic mass is 32.2. The van der Waals surface area contributed by atoms with Crippen molar-refractivity contribution in [2.75, 3.05) is 13.6 Å². The Morgan fingerprint density at radius 1 is 1.38 bits per heavy atom. The van der Waals surface area contributed by atoms with Crippen molar-refractivity contribution in [3.05, 3.63) is 34.2 Å². The van der Waals surface area contributed by atoms with E-state index in [1.807, 2.05) is 6.07 Å². The Kier molecular flexibility index (Phi) is 2.84. The van der Waals surface area contributed by atoms with Crippen LogP contribution in [0.4, 0.5) is 0 Å². The number of fused-ring (bicyclic) bond motifs is 1. The molecule has 0 saturated heterocycles. The van der Waals surface area contributed by atoms with Crippen LogP contribution >= 0.6 is 0 Å². The SMILES string of the molecule is CNCC1=Cc2ccc(CN)cc2S1(=O)=O. The maximum atomic E-state index is 12.1. The second kappa shape index (κ2) is 4.01. The van der Waals surface area contributed by atoms with E-state index in [0.717, 1.165) is 11.1 Å². The largest absolute Gasteiger partial charge is 0.326 e. The van der Waals surface area contributed by atoms with Crippen LogP contribution in [-0.4, -0.2) is 22.0 Å². The first-order valence-electron chi connectivity index (χ1n) is 5.03. The van der Waals surface area contributed by atoms with Crippen molar-refractivity contribution < 1.29 is 8.42 Å². The Morgan fingerprint density at radius 2 is 2.12 bits per heavy atom. The summed E-state index contributed by atoms with van der Waals surface area (Å²) in [5.74, 6) is 0. The van der Waals surface area contributed by atoms with Gasteiger partial charge in [0.1, 0.15) is 0 Å². The van der Waals surface area contributed by atoms with Gasteiger partial charge in [-0.05, 0) is 30.3 Å². The lowest BCUT2D eigenvalue weighted by atomic mass is 10.1. The normalized spacial score (nSPS) is 17.0. The van der Waals surface area contributed by atoms with Crippen LogP contribution in [0.15, 0.2) is 28.0 Å². The van der Waals surface area contributed by atoms with Crippen LogP contribution in [-0.2, 0) is 16.4 Å². The standard InChI is InChI=1S/C11H14N2O2S/c1-13-7-10-5-9-3-2-8(6-12)4-11(9)16(10,14)15/h2-5,13H,6-7,12H2,1H3. The van der Waals surface area contributed by atoms with Crippen molar-refractivity contribution in [3.63, 3.8) is 0 Å². The molecule has 5 heteroatoms. The summed E-state index contributed by atoms with van der Waals surface area (Å²) in [6.07, 6.45) is 1.71. The fourth-order valence-corrected chi connectivity index (χ4v) is 3.41. The molecular weight excluding hydrogens is 224 g/mol. The lowest BCUT2D eigenvalue weighted by Crippen LogP contribution is -2.15. The number of sulfone groups is 1. The van der Waals surface area contributed by atoms with Crippen LogP contribution in [0.5, 0.6) is 0 Å². The highest BCUT2D eigenvalue weighted by Gasteiger charge is 2.28. The highest BCUT2D eigenvalue weighted by molar-refractivity contribution is 7.95. The van der Waals surface area contributed by atoms with Crippen molar-refractivity contribution in [2.24, 2.45) is 5.73 Å². The average molecular weight is 238 g/mol. The summed E-state index contributed by atoms with van der Waals surface area (Å²) in [4.78, 5) is 0.792. The molecule has 1 aliphatic heterocycles. The first-order chi connectivity index (χ1) is 7.59. The summed E-state index contributed by atoms with van der Waals surface area (Å²) in [6, 6.07) is 5.31. The maximum absolute atomic E-state index is 12.1. The Bertz CT molecular complexity index is 547. The number of benzene rings is 1. The molecule has 16 heavy (non-hydrogen) atoms. The third-order valence-electron chi connectivity index (χ3n) is 2.62. The van der Waals surface area contributed by atoms with Crippen molar-refractivity contribution in [3.8, 4) is 0 Å². The van der Waals surface area contributed by atoms with Gasteiger partial charge in [0.2, 0.25) is 9.84 Å². The summed E-state index contributed by atoms with van der Waals surface area (Å²) in [6.45, 7) is 0.707. The average Bonchev–Trinajstić information content (AvgIpc) is 2.51. The zero-order chi connectivity index (χ0) is 11.8. The zero-order valence-corrected chi connectivity index (χ0v) is 9.84. The molecule has 0 amide bonds. The van der Waals surface area contributed by atoms with E-state index in [4.69, 9.17) is 5.73 Å². The zero-order valence-electron chi connectivity index (χ0n) is 9.03. The van der Waals surface area contributed by atoms with Gasteiger partial charge < -0.3 is 11.1 Å². The molecular formula is C11H14N2O2S. The van der Waals surface area contributed by atoms with Gasteiger partial charge in [0.15, 0.2) is 0 Å². The third-order valence-corrected chi connectivity index (χ3v) is 4.50. The molecule has 2 rings (SSSR count). The van der Waals surface area contributed by atoms with E-state index in [1.165, 1.54) is 0 Å². The van der Waals surface area contributed by atoms with Crippen LogP contribution in [0, 0.1) is 0 Å². The molecule has 0 spiro atoms. The van der Waals surface area contributed by atoms with Gasteiger partial charge in [-0.1, -0.05) is 12.1 Å². The number of hydrogen-bond donors (Lipinski definition) is 2. The molecule has 1 heterocycles. The van der Waals surface area contributed by atoms with E-state index in [1.54, 1.807) is 25.3 Å². The molecule has 1 aromatic rings. The van der Waals surface area contributed by atoms with E-state index >= 15 is 0 Å². The van der Waals surface area contributed by atoms with Gasteiger partial charge in [-0.3, -0.25) is 0 Å². The van der Waals surface area contributed by atoms with Crippen LogP contribution in [0.25, 0.3) is 6.08 Å². The molecule has 0 fully saturated rings. The molecule has 4 nitrogen and oxygen atoms in total. The molecule has 0 bridgehead atoms. The molecule has 1 aliphatic rings. The number of hydrogen-bond acceptors (Lipinski definition) is 4. The first kappa shape index (κ1) is 11.3. The minimum absolute atomic E-state index is 0.351. The Morgan fingerprint density at radius 3 is 2.75 bits per heavy atom. The number of rotatable bonds is 3. The van der Waals surface area contributed by atoms with Crippen molar-refractivity contribution >= 4 is 15.9 Å². The van der Waals surface area contributed by atoms with E-state index in [2.05, 4.69) is 5.32 Å². The lowest BCUT2D eigenvalue weighted by molar-refractivity contribution is 0.601. The molecule has 0 radical (unpaired) electrons. The van der Waals surface area contributed by atoms with Crippen LogP contribution < -0.4 is 11.1 Å². The monoisotopic (exact) mass is 238 g/mol. The topological polar surface area (TPSA) is 72.2 Å². The van der Waals surface area contributed by atoms with Crippen molar-refractivity contribution in [1.29, 1.82) is 0 Å². The number of nitrogens with two attached hydrogens (primary N) is 1. The molecule has 0 aromatic heterocycles. The molecule has 1 aromatic carbocycles. The third kappa shape index (κ3) is 1.67. The van der Waals surface area contributed by atoms with E-state index in [0.29, 0.717) is 22.9 Å². The fourth-order valence-electron chi connectivity index (χ4n) is 1.77. The van der Waals surface area contributed by atoms with Crippen LogP contribution in [0.2, 0.25) is 0 Å². The second-order valence-electron chi connectivity index (χ2n) is 3.72. The molecule has 0 saturated carbocycles. The second-order valence-corrected chi connectivity index (χ2v) is 5.69. The van der Waals surface area contributed by atoms with Crippen LogP contribution in [0.3, 0.4) is 0 Å². The molecule has 86 valence electrons. The fraction of sp³-hybridized carbons (Fsp3) is 0.273. The van der Waals surface area contributed by atoms with E-state index in [9.17, 15) is 8.42 Å². The van der Waals surface area contributed by atoms with Gasteiger partial charge in [-0.15, -0.1) is 0 Å². The minimum atomic E-state index is -3.30. The molecule has 0 atom stereocenters. The molecule has 0 unspecified atom stereocenters. The molecule has 3 N–H and O–H groups in total. The van der Waals surface area contributed by atoms with E-state index in [-0.39, 0.29) is 0 Å². The van der Waals surface area contributed by atoms with Gasteiger partial charge >= 0.3 is 0 Å². The Balaban J connectivity index is 2.53. The predicted molar refractivity (Wildman–Crippen MR) is 63.4 cm³/mol. The summed E-state index contributed by atoms with van der Waals surface area (Å²) in [5.41, 5.74) is 7.09. The summed E-state index contributed by atoms with van der Waals surface area (Å²) in [5, 5.41) is 2.86. The Hall–Kier alpha value is -1.17. The first-order valence-corrected chi connectivity index (χ1v) is 6.51. The summed E-state index contributed by atoms with van der Waals surface area (Å²) in [7, 11) is -1.57. The van der Waals surface area contributed by atoms with Crippen molar-refractivity contribution in [1.82, 2.24) is 5.32 Å². The quantitative estimate of drug-likeness (QED) is 0.804. The predicted octanol–water partition coefficient (Wildman–Crippen LogP) is 0.493. The minimum Gasteiger partial charge on any atom is -0.326 e. The number of nitrogens with one attached hydrogen (secondary N) is 1. The summed E-state index contributed by atoms with van der Waals surface area (Å²) >= 11 is 0.